The number of piperidine rings is 3. The Bertz CT molecular complexity index is 978. The lowest BCUT2D eigenvalue weighted by Crippen LogP contribution is -2.56. The van der Waals surface area contributed by atoms with Crippen molar-refractivity contribution >= 4 is 5.91 Å². The highest BCUT2D eigenvalue weighted by molar-refractivity contribution is 5.81. The lowest BCUT2D eigenvalue weighted by molar-refractivity contribution is -0.129. The van der Waals surface area contributed by atoms with E-state index in [0.717, 1.165) is 43.1 Å². The van der Waals surface area contributed by atoms with Gasteiger partial charge < -0.3 is 14.8 Å². The Morgan fingerprint density at radius 3 is 2.56 bits per heavy atom. The largest absolute Gasteiger partial charge is 0.493 e. The molecule has 3 aliphatic rings. The molecule has 1 aromatic heterocycles. The van der Waals surface area contributed by atoms with Gasteiger partial charge >= 0.3 is 0 Å². The molecule has 3 aliphatic heterocycles. The summed E-state index contributed by atoms with van der Waals surface area (Å²) in [6.07, 6.45) is 2.32. The van der Waals surface area contributed by atoms with Crippen LogP contribution >= 0.6 is 0 Å². The Balaban J connectivity index is 1.48. The highest BCUT2D eigenvalue weighted by Gasteiger charge is 2.42. The summed E-state index contributed by atoms with van der Waals surface area (Å²) >= 11 is 0. The van der Waals surface area contributed by atoms with E-state index in [2.05, 4.69) is 16.3 Å². The van der Waals surface area contributed by atoms with Crippen LogP contribution in [0.1, 0.15) is 45.2 Å². The second-order valence-electron chi connectivity index (χ2n) is 10.1. The third kappa shape index (κ3) is 4.35. The molecule has 3 fully saturated rings. The monoisotopic (exact) mass is 440 g/mol. The van der Waals surface area contributed by atoms with Crippen molar-refractivity contribution in [3.8, 4) is 22.8 Å². The Morgan fingerprint density at radius 1 is 1.19 bits per heavy atom. The van der Waals surface area contributed by atoms with Gasteiger partial charge in [0, 0.05) is 48.8 Å². The van der Waals surface area contributed by atoms with Gasteiger partial charge in [-0.2, -0.15) is 5.10 Å². The van der Waals surface area contributed by atoms with E-state index in [-0.39, 0.29) is 11.3 Å². The first-order valence-electron chi connectivity index (χ1n) is 11.5. The first-order chi connectivity index (χ1) is 15.2. The molecule has 1 unspecified atom stereocenters. The molecule has 0 saturated carbocycles. The number of rotatable bonds is 6. The minimum atomic E-state index is -0.346. The van der Waals surface area contributed by atoms with Crippen molar-refractivity contribution in [2.75, 3.05) is 33.9 Å². The molecule has 1 amide bonds. The van der Waals surface area contributed by atoms with E-state index >= 15 is 0 Å². The molecule has 0 aliphatic carbocycles. The summed E-state index contributed by atoms with van der Waals surface area (Å²) < 4.78 is 12.9. The maximum atomic E-state index is 12.3. The molecule has 5 rings (SSSR count). The third-order valence-corrected chi connectivity index (χ3v) is 7.03. The van der Waals surface area contributed by atoms with Crippen molar-refractivity contribution in [1.29, 1.82) is 0 Å². The van der Waals surface area contributed by atoms with E-state index in [1.54, 1.807) is 14.2 Å². The smallest absolute Gasteiger partial charge is 0.225 e. The summed E-state index contributed by atoms with van der Waals surface area (Å²) in [5, 5.41) is 7.99. The first kappa shape index (κ1) is 22.6. The van der Waals surface area contributed by atoms with Crippen molar-refractivity contribution in [1.82, 2.24) is 20.0 Å². The van der Waals surface area contributed by atoms with Crippen LogP contribution in [0.15, 0.2) is 24.3 Å². The number of hydrogen-bond donors (Lipinski definition) is 1. The molecule has 4 heterocycles. The van der Waals surface area contributed by atoms with Crippen LogP contribution in [0.3, 0.4) is 0 Å². The molecule has 2 bridgehead atoms. The molecule has 1 aromatic carbocycles. The van der Waals surface area contributed by atoms with Gasteiger partial charge in [-0.1, -0.05) is 20.8 Å². The standard InChI is InChI=1S/C25H36N4O3/c1-25(2,3)24(30)26-14-18-11-16-9-10-29(18)15-19(16)21-13-20(27-28(21)4)17-7-8-22(31-5)23(12-17)32-6/h7-8,12-13,16,18-19H,9-11,14-15H2,1-6H3,(H,26,30)/t16-,18-,19+/m1/s1. The second-order valence-corrected chi connectivity index (χ2v) is 10.1. The van der Waals surface area contributed by atoms with E-state index in [1.807, 2.05) is 50.7 Å². The zero-order valence-corrected chi connectivity index (χ0v) is 20.1. The Morgan fingerprint density at radius 2 is 1.94 bits per heavy atom. The second kappa shape index (κ2) is 8.77. The summed E-state index contributed by atoms with van der Waals surface area (Å²) in [5.41, 5.74) is 2.91. The highest BCUT2D eigenvalue weighted by atomic mass is 16.5. The quantitative estimate of drug-likeness (QED) is 0.745. The maximum absolute atomic E-state index is 12.3. The molecular weight excluding hydrogens is 404 g/mol. The molecule has 32 heavy (non-hydrogen) atoms. The number of fused-ring (bicyclic) bond motifs is 3. The van der Waals surface area contributed by atoms with E-state index < -0.39 is 0 Å². The molecule has 3 saturated heterocycles. The fraction of sp³-hybridized carbons (Fsp3) is 0.600. The van der Waals surface area contributed by atoms with E-state index in [0.29, 0.717) is 23.6 Å². The number of carbonyl (C=O) groups excluding carboxylic acids is 1. The van der Waals surface area contributed by atoms with Gasteiger partial charge in [-0.05, 0) is 49.6 Å². The number of methoxy groups -OCH3 is 2. The number of ether oxygens (including phenoxy) is 2. The zero-order chi connectivity index (χ0) is 23.0. The van der Waals surface area contributed by atoms with Crippen LogP contribution in [-0.2, 0) is 11.8 Å². The minimum absolute atomic E-state index is 0.128. The van der Waals surface area contributed by atoms with Crippen molar-refractivity contribution in [3.63, 3.8) is 0 Å². The molecule has 7 heteroatoms. The molecule has 174 valence electrons. The predicted molar refractivity (Wildman–Crippen MR) is 125 cm³/mol. The van der Waals surface area contributed by atoms with Crippen LogP contribution in [-0.4, -0.2) is 60.5 Å². The fourth-order valence-electron chi connectivity index (χ4n) is 5.13. The molecule has 0 spiro atoms. The lowest BCUT2D eigenvalue weighted by Gasteiger charge is -2.50. The van der Waals surface area contributed by atoms with Gasteiger partial charge in [-0.25, -0.2) is 0 Å². The molecular formula is C25H36N4O3. The number of benzene rings is 1. The number of nitrogens with zero attached hydrogens (tertiary/aromatic N) is 3. The van der Waals surface area contributed by atoms with E-state index in [4.69, 9.17) is 14.6 Å². The molecule has 1 N–H and O–H groups in total. The van der Waals surface area contributed by atoms with Crippen LogP contribution in [0.25, 0.3) is 11.3 Å². The number of aryl methyl sites for hydroxylation is 1. The number of carbonyl (C=O) groups is 1. The van der Waals surface area contributed by atoms with Crippen molar-refractivity contribution in [3.05, 3.63) is 30.0 Å². The predicted octanol–water partition coefficient (Wildman–Crippen LogP) is 3.44. The molecule has 4 atom stereocenters. The fourth-order valence-corrected chi connectivity index (χ4v) is 5.13. The third-order valence-electron chi connectivity index (χ3n) is 7.03. The summed E-state index contributed by atoms with van der Waals surface area (Å²) in [4.78, 5) is 14.9. The highest BCUT2D eigenvalue weighted by Crippen LogP contribution is 2.42. The van der Waals surface area contributed by atoms with Gasteiger partial charge in [-0.15, -0.1) is 0 Å². The van der Waals surface area contributed by atoms with Gasteiger partial charge in [0.05, 0.1) is 19.9 Å². The number of nitrogens with one attached hydrogen (secondary N) is 1. The number of hydrogen-bond acceptors (Lipinski definition) is 5. The molecule has 0 radical (unpaired) electrons. The molecule has 2 aromatic rings. The van der Waals surface area contributed by atoms with Gasteiger partial charge in [0.25, 0.3) is 0 Å². The van der Waals surface area contributed by atoms with E-state index in [1.165, 1.54) is 12.1 Å². The van der Waals surface area contributed by atoms with Crippen LogP contribution in [0.2, 0.25) is 0 Å². The van der Waals surface area contributed by atoms with Crippen LogP contribution in [0.5, 0.6) is 11.5 Å². The maximum Gasteiger partial charge on any atom is 0.225 e. The summed E-state index contributed by atoms with van der Waals surface area (Å²) in [6, 6.07) is 8.58. The summed E-state index contributed by atoms with van der Waals surface area (Å²) in [5.74, 6) is 2.63. The Kier molecular flexibility index (Phi) is 6.21. The van der Waals surface area contributed by atoms with Crippen molar-refractivity contribution in [2.45, 2.75) is 45.6 Å². The average Bonchev–Trinajstić information content (AvgIpc) is 3.18. The van der Waals surface area contributed by atoms with Gasteiger partial charge in [0.1, 0.15) is 0 Å². The van der Waals surface area contributed by atoms with Crippen LogP contribution < -0.4 is 14.8 Å². The zero-order valence-electron chi connectivity index (χ0n) is 20.1. The number of amides is 1. The topological polar surface area (TPSA) is 68.6 Å². The Labute approximate surface area is 191 Å². The lowest BCUT2D eigenvalue weighted by atomic mass is 9.74. The van der Waals surface area contributed by atoms with E-state index in [9.17, 15) is 4.79 Å². The van der Waals surface area contributed by atoms with Gasteiger partial charge in [0.15, 0.2) is 11.5 Å². The average molecular weight is 441 g/mol. The Hall–Kier alpha value is -2.54. The van der Waals surface area contributed by atoms with Gasteiger partial charge in [-0.3, -0.25) is 14.4 Å². The SMILES string of the molecule is COc1ccc(-c2cc([C@H]3CN4CC[C@@H]3C[C@@H]4CNC(=O)C(C)(C)C)n(C)n2)cc1OC. The van der Waals surface area contributed by atoms with Crippen molar-refractivity contribution < 1.29 is 14.3 Å². The normalized spacial score (nSPS) is 24.9. The van der Waals surface area contributed by atoms with Crippen molar-refractivity contribution in [2.24, 2.45) is 18.4 Å². The first-order valence-corrected chi connectivity index (χ1v) is 11.5. The molecule has 7 nitrogen and oxygen atoms in total. The van der Waals surface area contributed by atoms with Crippen LogP contribution in [0.4, 0.5) is 0 Å². The van der Waals surface area contributed by atoms with Crippen LogP contribution in [0, 0.1) is 11.3 Å². The minimum Gasteiger partial charge on any atom is -0.493 e. The van der Waals surface area contributed by atoms with Gasteiger partial charge in [0.2, 0.25) is 5.91 Å². The number of aromatic nitrogens is 2. The summed E-state index contributed by atoms with van der Waals surface area (Å²) in [6.45, 7) is 8.75. The summed E-state index contributed by atoms with van der Waals surface area (Å²) in [7, 11) is 5.34.